The summed E-state index contributed by atoms with van der Waals surface area (Å²) in [5, 5.41) is 4.93. The first-order chi connectivity index (χ1) is 15.1. The Balaban J connectivity index is 1.59. The van der Waals surface area contributed by atoms with Gasteiger partial charge in [0.25, 0.3) is 0 Å². The summed E-state index contributed by atoms with van der Waals surface area (Å²) in [5.41, 5.74) is 6.50. The quantitative estimate of drug-likeness (QED) is 0.306. The Morgan fingerprint density at radius 3 is 2.13 bits per heavy atom. The molecule has 4 aromatic rings. The van der Waals surface area contributed by atoms with Crippen molar-refractivity contribution in [3.8, 4) is 0 Å². The summed E-state index contributed by atoms with van der Waals surface area (Å²) in [6, 6.07) is 24.5. The summed E-state index contributed by atoms with van der Waals surface area (Å²) in [6.07, 6.45) is 8.87. The highest BCUT2D eigenvalue weighted by molar-refractivity contribution is 6.06. The highest BCUT2D eigenvalue weighted by Crippen LogP contribution is 2.25. The van der Waals surface area contributed by atoms with E-state index >= 15 is 0 Å². The van der Waals surface area contributed by atoms with Crippen molar-refractivity contribution in [3.63, 3.8) is 0 Å². The molecule has 0 spiro atoms. The van der Waals surface area contributed by atoms with Gasteiger partial charge in [0.1, 0.15) is 0 Å². The van der Waals surface area contributed by atoms with Crippen LogP contribution < -0.4 is 5.32 Å². The highest BCUT2D eigenvalue weighted by Gasteiger charge is 2.05. The second-order valence-electron chi connectivity index (χ2n) is 7.56. The maximum Gasteiger partial charge on any atom is 0.248 e. The lowest BCUT2D eigenvalue weighted by Gasteiger charge is -2.09. The molecule has 0 bridgehead atoms. The number of nitrogens with zero attached hydrogens (tertiary/aromatic N) is 1. The van der Waals surface area contributed by atoms with Gasteiger partial charge in [-0.05, 0) is 42.7 Å². The first kappa shape index (κ1) is 20.3. The van der Waals surface area contributed by atoms with Gasteiger partial charge in [-0.1, -0.05) is 83.9 Å². The molecule has 1 aromatic heterocycles. The third-order valence-corrected chi connectivity index (χ3v) is 5.17. The Hall–Kier alpha value is -3.98. The molecule has 0 unspecified atom stereocenters. The van der Waals surface area contributed by atoms with Crippen LogP contribution in [0.15, 0.2) is 103 Å². The van der Waals surface area contributed by atoms with Crippen LogP contribution in [-0.2, 0) is 4.79 Å². The third-order valence-electron chi connectivity index (χ3n) is 5.17. The Morgan fingerprint density at radius 1 is 0.839 bits per heavy atom. The van der Waals surface area contributed by atoms with Crippen LogP contribution in [0.1, 0.15) is 22.3 Å². The maximum atomic E-state index is 12.6. The second-order valence-corrected chi connectivity index (χ2v) is 7.56. The number of hydrogen-bond donors (Lipinski definition) is 1. The number of benzene rings is 3. The van der Waals surface area contributed by atoms with E-state index in [1.807, 2.05) is 30.3 Å². The summed E-state index contributed by atoms with van der Waals surface area (Å²) in [4.78, 5) is 16.7. The minimum absolute atomic E-state index is 0.173. The molecule has 31 heavy (non-hydrogen) atoms. The molecule has 0 aliphatic carbocycles. The van der Waals surface area contributed by atoms with Gasteiger partial charge in [-0.15, -0.1) is 0 Å². The molecule has 3 aromatic carbocycles. The number of nitrogens with one attached hydrogen (secondary N) is 1. The Labute approximate surface area is 182 Å². The molecule has 0 radical (unpaired) electrons. The Bertz CT molecular complexity index is 1210. The molecule has 0 fully saturated rings. The van der Waals surface area contributed by atoms with E-state index in [2.05, 4.69) is 72.7 Å². The van der Waals surface area contributed by atoms with Crippen LogP contribution in [0.25, 0.3) is 16.3 Å². The first-order valence-corrected chi connectivity index (χ1v) is 10.3. The SMILES string of the molecule is Cc1ccc(C(=CC=CC(=O)Nc2cccc3cnccc23)c2ccc(C)cc2)cc1. The number of rotatable bonds is 5. The summed E-state index contributed by atoms with van der Waals surface area (Å²) < 4.78 is 0. The number of pyridine rings is 1. The van der Waals surface area contributed by atoms with Crippen molar-refractivity contribution in [2.75, 3.05) is 5.32 Å². The van der Waals surface area contributed by atoms with E-state index in [-0.39, 0.29) is 5.91 Å². The molecule has 0 aliphatic heterocycles. The zero-order chi connectivity index (χ0) is 21.6. The fourth-order valence-corrected chi connectivity index (χ4v) is 3.46. The molecule has 0 aliphatic rings. The standard InChI is InChI=1S/C28H24N2O/c1-20-9-13-22(14-10-20)25(23-15-11-21(2)12-16-23)6-4-8-28(31)30-27-7-3-5-24-19-29-18-17-26(24)27/h3-19H,1-2H3,(H,30,31). The van der Waals surface area contributed by atoms with Crippen LogP contribution >= 0.6 is 0 Å². The van der Waals surface area contributed by atoms with E-state index < -0.39 is 0 Å². The molecule has 4 rings (SSSR count). The number of aromatic nitrogens is 1. The summed E-state index contributed by atoms with van der Waals surface area (Å²) >= 11 is 0. The minimum Gasteiger partial charge on any atom is -0.322 e. The van der Waals surface area contributed by atoms with Crippen LogP contribution in [-0.4, -0.2) is 10.9 Å². The second kappa shape index (κ2) is 9.23. The van der Waals surface area contributed by atoms with Crippen molar-refractivity contribution in [1.82, 2.24) is 4.98 Å². The first-order valence-electron chi connectivity index (χ1n) is 10.3. The molecule has 0 saturated carbocycles. The van der Waals surface area contributed by atoms with Crippen molar-refractivity contribution in [2.45, 2.75) is 13.8 Å². The summed E-state index contributed by atoms with van der Waals surface area (Å²) in [6.45, 7) is 4.15. The molecule has 1 amide bonds. The van der Waals surface area contributed by atoms with Gasteiger partial charge in [0.2, 0.25) is 5.91 Å². The van der Waals surface area contributed by atoms with Gasteiger partial charge in [-0.25, -0.2) is 0 Å². The molecule has 3 heteroatoms. The fourth-order valence-electron chi connectivity index (χ4n) is 3.46. The number of hydrogen-bond acceptors (Lipinski definition) is 2. The molecule has 152 valence electrons. The monoisotopic (exact) mass is 404 g/mol. The molecule has 1 N–H and O–H groups in total. The van der Waals surface area contributed by atoms with Crippen LogP contribution in [0.2, 0.25) is 0 Å². The van der Waals surface area contributed by atoms with Gasteiger partial charge in [-0.2, -0.15) is 0 Å². The van der Waals surface area contributed by atoms with Gasteiger partial charge < -0.3 is 5.32 Å². The highest BCUT2D eigenvalue weighted by atomic mass is 16.1. The molecular weight excluding hydrogens is 380 g/mol. The molecule has 1 heterocycles. The molecular formula is C28H24N2O. The average molecular weight is 405 g/mol. The number of amides is 1. The number of fused-ring (bicyclic) bond motifs is 1. The van der Waals surface area contributed by atoms with Gasteiger partial charge in [0.05, 0.1) is 0 Å². The van der Waals surface area contributed by atoms with Crippen molar-refractivity contribution >= 4 is 27.9 Å². The van der Waals surface area contributed by atoms with E-state index in [1.165, 1.54) is 11.1 Å². The number of carbonyl (C=O) groups excluding carboxylic acids is 1. The van der Waals surface area contributed by atoms with Crippen LogP contribution in [0.4, 0.5) is 5.69 Å². The van der Waals surface area contributed by atoms with Crippen molar-refractivity contribution in [3.05, 3.63) is 126 Å². The molecule has 3 nitrogen and oxygen atoms in total. The Morgan fingerprint density at radius 2 is 1.48 bits per heavy atom. The van der Waals surface area contributed by atoms with Crippen LogP contribution in [0, 0.1) is 13.8 Å². The largest absolute Gasteiger partial charge is 0.322 e. The normalized spacial score (nSPS) is 10.9. The molecule has 0 atom stereocenters. The van der Waals surface area contributed by atoms with Crippen LogP contribution in [0.5, 0.6) is 0 Å². The van der Waals surface area contributed by atoms with Crippen molar-refractivity contribution in [2.24, 2.45) is 0 Å². The predicted molar refractivity (Wildman–Crippen MR) is 129 cm³/mol. The number of carbonyl (C=O) groups is 1. The number of anilines is 1. The summed E-state index contributed by atoms with van der Waals surface area (Å²) in [7, 11) is 0. The lowest BCUT2D eigenvalue weighted by molar-refractivity contribution is -0.111. The fraction of sp³-hybridized carbons (Fsp3) is 0.0714. The predicted octanol–water partition coefficient (Wildman–Crippen LogP) is 6.48. The lowest BCUT2D eigenvalue weighted by atomic mass is 9.96. The van der Waals surface area contributed by atoms with Crippen LogP contribution in [0.3, 0.4) is 0 Å². The van der Waals surface area contributed by atoms with Gasteiger partial charge in [0, 0.05) is 34.9 Å². The van der Waals surface area contributed by atoms with Gasteiger partial charge in [0.15, 0.2) is 0 Å². The zero-order valence-electron chi connectivity index (χ0n) is 17.7. The average Bonchev–Trinajstić information content (AvgIpc) is 2.79. The zero-order valence-corrected chi connectivity index (χ0v) is 17.7. The van der Waals surface area contributed by atoms with E-state index in [1.54, 1.807) is 24.5 Å². The third kappa shape index (κ3) is 4.96. The Kier molecular flexibility index (Phi) is 6.04. The maximum absolute atomic E-state index is 12.6. The number of allylic oxidation sites excluding steroid dienone is 2. The lowest BCUT2D eigenvalue weighted by Crippen LogP contribution is -2.08. The topological polar surface area (TPSA) is 42.0 Å². The smallest absolute Gasteiger partial charge is 0.248 e. The van der Waals surface area contributed by atoms with Crippen molar-refractivity contribution in [1.29, 1.82) is 0 Å². The minimum atomic E-state index is -0.173. The van der Waals surface area contributed by atoms with Gasteiger partial charge >= 0.3 is 0 Å². The summed E-state index contributed by atoms with van der Waals surface area (Å²) in [5.74, 6) is -0.173. The van der Waals surface area contributed by atoms with E-state index in [4.69, 9.17) is 0 Å². The van der Waals surface area contributed by atoms with E-state index in [9.17, 15) is 4.79 Å². The number of aryl methyl sites for hydroxylation is 2. The van der Waals surface area contributed by atoms with Gasteiger partial charge in [-0.3, -0.25) is 9.78 Å². The van der Waals surface area contributed by atoms with Crippen molar-refractivity contribution < 1.29 is 4.79 Å². The molecule has 0 saturated heterocycles. The van der Waals surface area contributed by atoms with E-state index in [0.717, 1.165) is 33.2 Å². The van der Waals surface area contributed by atoms with E-state index in [0.29, 0.717) is 0 Å².